The average molecular weight is 208 g/mol. The van der Waals surface area contributed by atoms with Gasteiger partial charge in [0.25, 0.3) is 0 Å². The van der Waals surface area contributed by atoms with Gasteiger partial charge in [-0.05, 0) is 13.8 Å². The van der Waals surface area contributed by atoms with Gasteiger partial charge < -0.3 is 5.73 Å². The van der Waals surface area contributed by atoms with E-state index in [0.717, 1.165) is 10.2 Å². The molecule has 0 saturated heterocycles. The molecule has 1 aromatic heterocycles. The van der Waals surface area contributed by atoms with E-state index in [1.54, 1.807) is 19.9 Å². The minimum absolute atomic E-state index is 0.612. The zero-order valence-electron chi connectivity index (χ0n) is 8.57. The highest BCUT2D eigenvalue weighted by atomic mass is 16.2. The zero-order chi connectivity index (χ0) is 11.6. The Balaban J connectivity index is 3.10. The zero-order valence-corrected chi connectivity index (χ0v) is 8.57. The maximum Gasteiger partial charge on any atom is 0.350 e. The van der Waals surface area contributed by atoms with Crippen LogP contribution >= 0.6 is 0 Å². The summed E-state index contributed by atoms with van der Waals surface area (Å²) in [4.78, 5) is 21.9. The fraction of sp³-hybridized carbons (Fsp3) is 0.222. The number of imide groups is 1. The Bertz CT molecular complexity index is 434. The van der Waals surface area contributed by atoms with Crippen LogP contribution in [0.25, 0.3) is 6.08 Å². The monoisotopic (exact) mass is 208 g/mol. The first-order valence-corrected chi connectivity index (χ1v) is 4.26. The van der Waals surface area contributed by atoms with E-state index in [-0.39, 0.29) is 0 Å². The number of primary amides is 1. The van der Waals surface area contributed by atoms with Crippen molar-refractivity contribution in [2.75, 3.05) is 0 Å². The third kappa shape index (κ3) is 2.04. The van der Waals surface area contributed by atoms with Crippen molar-refractivity contribution in [2.24, 2.45) is 5.73 Å². The van der Waals surface area contributed by atoms with Crippen LogP contribution in [-0.2, 0) is 0 Å². The van der Waals surface area contributed by atoms with Gasteiger partial charge in [-0.25, -0.2) is 9.59 Å². The predicted molar refractivity (Wildman–Crippen MR) is 55.3 cm³/mol. The van der Waals surface area contributed by atoms with Crippen LogP contribution in [0, 0.1) is 13.8 Å². The van der Waals surface area contributed by atoms with Gasteiger partial charge in [-0.15, -0.1) is 0 Å². The van der Waals surface area contributed by atoms with Crippen LogP contribution in [0.2, 0.25) is 0 Å². The third-order valence-electron chi connectivity index (χ3n) is 1.97. The molecule has 1 aromatic rings. The number of aromatic nitrogens is 2. The van der Waals surface area contributed by atoms with Gasteiger partial charge in [0.05, 0.1) is 11.4 Å². The highest BCUT2D eigenvalue weighted by Gasteiger charge is 2.15. The number of hydrogen-bond donors (Lipinski definition) is 2. The number of urea groups is 1. The molecule has 3 N–H and O–H groups in total. The normalized spacial score (nSPS) is 9.73. The summed E-state index contributed by atoms with van der Waals surface area (Å²) in [6, 6.07) is -1.58. The van der Waals surface area contributed by atoms with E-state index in [9.17, 15) is 9.59 Å². The Morgan fingerprint density at radius 2 is 2.13 bits per heavy atom. The molecule has 6 heteroatoms. The van der Waals surface area contributed by atoms with Crippen LogP contribution in [0.1, 0.15) is 17.0 Å². The molecule has 15 heavy (non-hydrogen) atoms. The molecule has 1 rings (SSSR count). The van der Waals surface area contributed by atoms with Crippen molar-refractivity contribution in [1.82, 2.24) is 15.1 Å². The van der Waals surface area contributed by atoms with Gasteiger partial charge in [0.15, 0.2) is 0 Å². The number of carbonyl (C=O) groups excluding carboxylic acids is 2. The number of nitrogens with zero attached hydrogens (tertiary/aromatic N) is 2. The minimum Gasteiger partial charge on any atom is -0.351 e. The fourth-order valence-electron chi connectivity index (χ4n) is 1.31. The highest BCUT2D eigenvalue weighted by Crippen LogP contribution is 2.13. The Morgan fingerprint density at radius 1 is 1.53 bits per heavy atom. The molecule has 0 unspecified atom stereocenters. The first kappa shape index (κ1) is 11.0. The van der Waals surface area contributed by atoms with E-state index in [0.29, 0.717) is 11.4 Å². The van der Waals surface area contributed by atoms with E-state index in [4.69, 9.17) is 5.73 Å². The largest absolute Gasteiger partial charge is 0.351 e. The summed E-state index contributed by atoms with van der Waals surface area (Å²) >= 11 is 0. The second-order valence-electron chi connectivity index (χ2n) is 2.99. The van der Waals surface area contributed by atoms with Gasteiger partial charge in [-0.3, -0.25) is 5.32 Å². The lowest BCUT2D eigenvalue weighted by Gasteiger charge is -2.02. The van der Waals surface area contributed by atoms with Gasteiger partial charge in [0.1, 0.15) is 0 Å². The first-order chi connectivity index (χ1) is 6.97. The Labute approximate surface area is 86.8 Å². The molecule has 0 aliphatic rings. The smallest absolute Gasteiger partial charge is 0.350 e. The van der Waals surface area contributed by atoms with Gasteiger partial charge in [0, 0.05) is 5.56 Å². The van der Waals surface area contributed by atoms with E-state index < -0.39 is 12.1 Å². The molecular weight excluding hydrogens is 196 g/mol. The molecule has 3 amide bonds. The molecule has 0 radical (unpaired) electrons. The summed E-state index contributed by atoms with van der Waals surface area (Å²) in [6.07, 6.45) is 1.60. The van der Waals surface area contributed by atoms with Crippen molar-refractivity contribution in [1.29, 1.82) is 0 Å². The maximum atomic E-state index is 11.4. The van der Waals surface area contributed by atoms with E-state index >= 15 is 0 Å². The molecule has 1 heterocycles. The van der Waals surface area contributed by atoms with Gasteiger partial charge in [-0.2, -0.15) is 9.78 Å². The second kappa shape index (κ2) is 3.95. The number of nitrogens with one attached hydrogen (secondary N) is 1. The van der Waals surface area contributed by atoms with E-state index in [2.05, 4.69) is 11.7 Å². The van der Waals surface area contributed by atoms with Crippen LogP contribution in [0.5, 0.6) is 0 Å². The average Bonchev–Trinajstić information content (AvgIpc) is 2.40. The summed E-state index contributed by atoms with van der Waals surface area (Å²) < 4.78 is 1.08. The topological polar surface area (TPSA) is 90.0 Å². The lowest BCUT2D eigenvalue weighted by molar-refractivity contribution is 0.230. The quantitative estimate of drug-likeness (QED) is 0.714. The molecule has 0 saturated carbocycles. The number of rotatable bonds is 1. The Hall–Kier alpha value is -2.11. The van der Waals surface area contributed by atoms with Gasteiger partial charge in [-0.1, -0.05) is 12.7 Å². The number of carbonyl (C=O) groups is 2. The van der Waals surface area contributed by atoms with Crippen LogP contribution < -0.4 is 11.1 Å². The van der Waals surface area contributed by atoms with Crippen LogP contribution in [0.4, 0.5) is 9.59 Å². The molecular formula is C9H12N4O2. The molecule has 80 valence electrons. The molecule has 0 fully saturated rings. The lowest BCUT2D eigenvalue weighted by atomic mass is 10.2. The lowest BCUT2D eigenvalue weighted by Crippen LogP contribution is -2.38. The summed E-state index contributed by atoms with van der Waals surface area (Å²) in [5.74, 6) is 0. The summed E-state index contributed by atoms with van der Waals surface area (Å²) in [5.41, 5.74) is 6.88. The number of amides is 3. The summed E-state index contributed by atoms with van der Waals surface area (Å²) in [7, 11) is 0. The second-order valence-corrected chi connectivity index (χ2v) is 2.99. The van der Waals surface area contributed by atoms with Crippen molar-refractivity contribution in [2.45, 2.75) is 13.8 Å². The Morgan fingerprint density at radius 3 is 2.53 bits per heavy atom. The van der Waals surface area contributed by atoms with Crippen molar-refractivity contribution in [3.8, 4) is 0 Å². The summed E-state index contributed by atoms with van der Waals surface area (Å²) in [6.45, 7) is 7.06. The molecule has 0 bridgehead atoms. The van der Waals surface area contributed by atoms with Crippen LogP contribution in [0.15, 0.2) is 6.58 Å². The molecule has 0 aliphatic carbocycles. The molecule has 6 nitrogen and oxygen atoms in total. The van der Waals surface area contributed by atoms with Crippen LogP contribution in [-0.4, -0.2) is 21.8 Å². The van der Waals surface area contributed by atoms with E-state index in [1.165, 1.54) is 0 Å². The first-order valence-electron chi connectivity index (χ1n) is 4.26. The van der Waals surface area contributed by atoms with Gasteiger partial charge in [0.2, 0.25) is 0 Å². The van der Waals surface area contributed by atoms with Crippen LogP contribution in [0.3, 0.4) is 0 Å². The van der Waals surface area contributed by atoms with Crippen molar-refractivity contribution in [3.05, 3.63) is 23.5 Å². The molecule has 0 aliphatic heterocycles. The standard InChI is InChI=1S/C9H12N4O2/c1-4-7-5(2)12-13(6(7)3)9(15)11-8(10)14/h4H,1H2,2-3H3,(H3,10,11,14,15). The molecule has 0 spiro atoms. The fourth-order valence-corrected chi connectivity index (χ4v) is 1.31. The number of aryl methyl sites for hydroxylation is 1. The van der Waals surface area contributed by atoms with Crippen molar-refractivity contribution in [3.63, 3.8) is 0 Å². The van der Waals surface area contributed by atoms with Crippen molar-refractivity contribution < 1.29 is 9.59 Å². The minimum atomic E-state index is -0.910. The number of nitrogens with two attached hydrogens (primary N) is 1. The SMILES string of the molecule is C=Cc1c(C)nn(C(=O)NC(N)=O)c1C. The third-order valence-corrected chi connectivity index (χ3v) is 1.97. The van der Waals surface area contributed by atoms with Gasteiger partial charge >= 0.3 is 12.1 Å². The molecule has 0 atom stereocenters. The van der Waals surface area contributed by atoms with Crippen molar-refractivity contribution >= 4 is 18.1 Å². The Kier molecular flexibility index (Phi) is 2.89. The highest BCUT2D eigenvalue weighted by molar-refractivity contribution is 5.93. The predicted octanol–water partition coefficient (Wildman–Crippen LogP) is 0.779. The summed E-state index contributed by atoms with van der Waals surface area (Å²) in [5, 5.41) is 5.89. The maximum absolute atomic E-state index is 11.4. The molecule has 0 aromatic carbocycles. The number of hydrogen-bond acceptors (Lipinski definition) is 3. The van der Waals surface area contributed by atoms with E-state index in [1.807, 2.05) is 5.32 Å².